The Morgan fingerprint density at radius 1 is 1.00 bits per heavy atom. The van der Waals surface area contributed by atoms with Gasteiger partial charge in [-0.2, -0.15) is 0 Å². The summed E-state index contributed by atoms with van der Waals surface area (Å²) in [7, 11) is 0. The van der Waals surface area contributed by atoms with Crippen molar-refractivity contribution < 1.29 is 23.9 Å². The number of fused-ring (bicyclic) bond motifs is 1. The molecule has 2 aliphatic rings. The van der Waals surface area contributed by atoms with Crippen molar-refractivity contribution in [1.29, 1.82) is 0 Å². The average Bonchev–Trinajstić information content (AvgIpc) is 3.13. The topological polar surface area (TPSA) is 108 Å². The Morgan fingerprint density at radius 2 is 1.67 bits per heavy atom. The monoisotopic (exact) mass is 490 g/mol. The minimum atomic E-state index is -0.540. The Labute approximate surface area is 210 Å². The molecule has 2 aromatic rings. The second kappa shape index (κ2) is 10.3. The number of hydrogen-bond donors (Lipinski definition) is 2. The summed E-state index contributed by atoms with van der Waals surface area (Å²) < 4.78 is 5.40. The first-order valence-corrected chi connectivity index (χ1v) is 11.9. The predicted molar refractivity (Wildman–Crippen MR) is 137 cm³/mol. The van der Waals surface area contributed by atoms with E-state index < -0.39 is 5.60 Å². The van der Waals surface area contributed by atoms with E-state index in [0.29, 0.717) is 54.3 Å². The molecule has 1 fully saturated rings. The fourth-order valence-corrected chi connectivity index (χ4v) is 4.03. The van der Waals surface area contributed by atoms with Crippen molar-refractivity contribution in [2.45, 2.75) is 26.4 Å². The Bertz CT molecular complexity index is 1210. The van der Waals surface area contributed by atoms with Crippen molar-refractivity contribution in [3.05, 3.63) is 65.7 Å². The third-order valence-corrected chi connectivity index (χ3v) is 5.83. The number of piperazine rings is 1. The van der Waals surface area contributed by atoms with Crippen LogP contribution in [0.5, 0.6) is 0 Å². The molecule has 0 bridgehead atoms. The first kappa shape index (κ1) is 25.1. The van der Waals surface area contributed by atoms with Crippen LogP contribution >= 0.6 is 0 Å². The van der Waals surface area contributed by atoms with Crippen LogP contribution in [0, 0.1) is 0 Å². The highest BCUT2D eigenvalue weighted by Gasteiger charge is 2.27. The molecule has 0 saturated carbocycles. The van der Waals surface area contributed by atoms with E-state index in [0.717, 1.165) is 0 Å². The van der Waals surface area contributed by atoms with E-state index in [-0.39, 0.29) is 30.2 Å². The maximum absolute atomic E-state index is 12.7. The van der Waals surface area contributed by atoms with Crippen LogP contribution in [0.3, 0.4) is 0 Å². The number of para-hydroxylation sites is 1. The fourth-order valence-electron chi connectivity index (χ4n) is 4.03. The van der Waals surface area contributed by atoms with Crippen LogP contribution in [0.1, 0.15) is 36.7 Å². The van der Waals surface area contributed by atoms with Gasteiger partial charge in [0.25, 0.3) is 5.91 Å². The zero-order chi connectivity index (χ0) is 25.9. The van der Waals surface area contributed by atoms with E-state index in [2.05, 4.69) is 10.6 Å². The normalized spacial score (nSPS) is 16.9. The SMILES string of the molecule is CC(C)(C)OC(=O)N1CCN(CC(=O)Nc2ccc(C(=O)/C=C3\C(=O)Nc4ccccc43)cc2)CC1. The average molecular weight is 491 g/mol. The molecule has 4 rings (SSSR count). The van der Waals surface area contributed by atoms with E-state index in [4.69, 9.17) is 4.74 Å². The van der Waals surface area contributed by atoms with Gasteiger partial charge in [0.1, 0.15) is 5.60 Å². The van der Waals surface area contributed by atoms with Crippen LogP contribution < -0.4 is 10.6 Å². The standard InChI is InChI=1S/C27H30N4O5/c1-27(2,3)36-26(35)31-14-12-30(13-15-31)17-24(33)28-19-10-8-18(9-11-19)23(32)16-21-20-6-4-5-7-22(20)29-25(21)34/h4-11,16H,12-15,17H2,1-3H3,(H,28,33)(H,29,34)/b21-16-. The fraction of sp³-hybridized carbons (Fsp3) is 0.333. The Kier molecular flexibility index (Phi) is 7.21. The number of carbonyl (C=O) groups is 4. The first-order chi connectivity index (χ1) is 17.1. The highest BCUT2D eigenvalue weighted by atomic mass is 16.6. The minimum absolute atomic E-state index is 0.179. The Hall–Kier alpha value is -3.98. The summed E-state index contributed by atoms with van der Waals surface area (Å²) >= 11 is 0. The van der Waals surface area contributed by atoms with E-state index >= 15 is 0 Å². The Morgan fingerprint density at radius 3 is 2.33 bits per heavy atom. The lowest BCUT2D eigenvalue weighted by molar-refractivity contribution is -0.117. The van der Waals surface area contributed by atoms with E-state index in [9.17, 15) is 19.2 Å². The number of carbonyl (C=O) groups excluding carboxylic acids is 4. The number of amides is 3. The van der Waals surface area contributed by atoms with E-state index in [1.807, 2.05) is 37.8 Å². The molecular formula is C27H30N4O5. The molecule has 0 spiro atoms. The second-order valence-corrected chi connectivity index (χ2v) is 9.79. The minimum Gasteiger partial charge on any atom is -0.444 e. The predicted octanol–water partition coefficient (Wildman–Crippen LogP) is 3.40. The molecule has 1 saturated heterocycles. The van der Waals surface area contributed by atoms with Crippen LogP contribution in [0.2, 0.25) is 0 Å². The van der Waals surface area contributed by atoms with Gasteiger partial charge in [-0.3, -0.25) is 19.3 Å². The molecule has 2 aliphatic heterocycles. The van der Waals surface area contributed by atoms with Crippen molar-refractivity contribution in [2.75, 3.05) is 43.4 Å². The van der Waals surface area contributed by atoms with Crippen molar-refractivity contribution in [2.24, 2.45) is 0 Å². The van der Waals surface area contributed by atoms with Gasteiger partial charge in [-0.25, -0.2) is 4.79 Å². The summed E-state index contributed by atoms with van der Waals surface area (Å²) in [6, 6.07) is 13.8. The number of rotatable bonds is 5. The third-order valence-electron chi connectivity index (χ3n) is 5.83. The second-order valence-electron chi connectivity index (χ2n) is 9.79. The molecule has 9 heteroatoms. The van der Waals surface area contributed by atoms with E-state index in [1.165, 1.54) is 6.08 Å². The van der Waals surface area contributed by atoms with Crippen LogP contribution in [0.15, 0.2) is 54.6 Å². The number of nitrogens with one attached hydrogen (secondary N) is 2. The van der Waals surface area contributed by atoms with Gasteiger partial charge in [-0.1, -0.05) is 18.2 Å². The number of hydrogen-bond acceptors (Lipinski definition) is 6. The number of ether oxygens (including phenoxy) is 1. The summed E-state index contributed by atoms with van der Waals surface area (Å²) in [5.41, 5.74) is 2.16. The summed E-state index contributed by atoms with van der Waals surface area (Å²) in [5, 5.41) is 5.59. The maximum atomic E-state index is 12.7. The first-order valence-electron chi connectivity index (χ1n) is 11.9. The third kappa shape index (κ3) is 6.17. The highest BCUT2D eigenvalue weighted by Crippen LogP contribution is 2.31. The summed E-state index contributed by atoms with van der Waals surface area (Å²) in [4.78, 5) is 53.3. The number of nitrogens with zero attached hydrogens (tertiary/aromatic N) is 2. The van der Waals surface area contributed by atoms with Gasteiger partial charge in [0.05, 0.1) is 12.1 Å². The largest absolute Gasteiger partial charge is 0.444 e. The maximum Gasteiger partial charge on any atom is 0.410 e. The lowest BCUT2D eigenvalue weighted by Gasteiger charge is -2.35. The number of benzene rings is 2. The van der Waals surface area contributed by atoms with Gasteiger partial charge < -0.3 is 20.3 Å². The van der Waals surface area contributed by atoms with Gasteiger partial charge in [0, 0.05) is 48.7 Å². The Balaban J connectivity index is 1.28. The summed E-state index contributed by atoms with van der Waals surface area (Å²) in [6.45, 7) is 7.84. The lowest BCUT2D eigenvalue weighted by atomic mass is 10.0. The summed E-state index contributed by atoms with van der Waals surface area (Å²) in [6.07, 6.45) is 1.00. The smallest absolute Gasteiger partial charge is 0.410 e. The van der Waals surface area contributed by atoms with Gasteiger partial charge in [0.2, 0.25) is 5.91 Å². The molecule has 0 aliphatic carbocycles. The molecule has 2 heterocycles. The quantitative estimate of drug-likeness (QED) is 0.491. The molecule has 2 aromatic carbocycles. The van der Waals surface area contributed by atoms with Crippen LogP contribution in [0.4, 0.5) is 16.2 Å². The van der Waals surface area contributed by atoms with Crippen molar-refractivity contribution in [3.63, 3.8) is 0 Å². The molecule has 188 valence electrons. The molecule has 0 aromatic heterocycles. The van der Waals surface area contributed by atoms with Gasteiger partial charge in [-0.05, 0) is 57.2 Å². The van der Waals surface area contributed by atoms with Gasteiger partial charge in [-0.15, -0.1) is 0 Å². The van der Waals surface area contributed by atoms with Crippen molar-refractivity contribution >= 4 is 40.6 Å². The molecule has 0 atom stereocenters. The van der Waals surface area contributed by atoms with E-state index in [1.54, 1.807) is 41.3 Å². The van der Waals surface area contributed by atoms with Crippen molar-refractivity contribution in [1.82, 2.24) is 9.80 Å². The van der Waals surface area contributed by atoms with Crippen LogP contribution in [-0.4, -0.2) is 71.8 Å². The molecule has 3 amide bonds. The number of ketones is 1. The van der Waals surface area contributed by atoms with Crippen LogP contribution in [-0.2, 0) is 14.3 Å². The highest BCUT2D eigenvalue weighted by molar-refractivity contribution is 6.35. The molecule has 0 unspecified atom stereocenters. The molecule has 36 heavy (non-hydrogen) atoms. The lowest BCUT2D eigenvalue weighted by Crippen LogP contribution is -2.51. The van der Waals surface area contributed by atoms with Crippen LogP contribution in [0.25, 0.3) is 5.57 Å². The number of anilines is 2. The molecular weight excluding hydrogens is 460 g/mol. The molecule has 9 nitrogen and oxygen atoms in total. The van der Waals surface area contributed by atoms with Gasteiger partial charge in [0.15, 0.2) is 5.78 Å². The number of allylic oxidation sites excluding steroid dienone is 1. The zero-order valence-electron chi connectivity index (χ0n) is 20.7. The zero-order valence-corrected chi connectivity index (χ0v) is 20.7. The molecule has 2 N–H and O–H groups in total. The molecule has 0 radical (unpaired) electrons. The van der Waals surface area contributed by atoms with Gasteiger partial charge >= 0.3 is 6.09 Å². The van der Waals surface area contributed by atoms with Crippen molar-refractivity contribution in [3.8, 4) is 0 Å². The summed E-state index contributed by atoms with van der Waals surface area (Å²) in [5.74, 6) is -0.779.